The molecule has 1 heterocycles. The first-order valence-electron chi connectivity index (χ1n) is 3.99. The summed E-state index contributed by atoms with van der Waals surface area (Å²) < 4.78 is 1.25. The summed E-state index contributed by atoms with van der Waals surface area (Å²) in [6.45, 7) is 2.24. The Kier molecular flexibility index (Phi) is 4.45. The molecule has 0 aromatic carbocycles. The van der Waals surface area contributed by atoms with Crippen LogP contribution >= 0.6 is 33.9 Å². The van der Waals surface area contributed by atoms with Gasteiger partial charge < -0.3 is 0 Å². The van der Waals surface area contributed by atoms with E-state index in [2.05, 4.69) is 41.0 Å². The molecule has 1 aromatic heterocycles. The number of halogens is 1. The van der Waals surface area contributed by atoms with Crippen molar-refractivity contribution in [2.24, 2.45) is 0 Å². The Morgan fingerprint density at radius 2 is 2.27 bits per heavy atom. The first-order valence-corrected chi connectivity index (χ1v) is 6.40. The molecule has 0 atom stereocenters. The summed E-state index contributed by atoms with van der Waals surface area (Å²) in [5.41, 5.74) is 1.58. The van der Waals surface area contributed by atoms with E-state index in [0.717, 1.165) is 0 Å². The third-order valence-corrected chi connectivity index (χ3v) is 3.24. The Bertz CT molecular complexity index is 185. The lowest BCUT2D eigenvalue weighted by atomic mass is 10.1. The minimum Gasteiger partial charge on any atom is -0.149 e. The van der Waals surface area contributed by atoms with Gasteiger partial charge in [-0.15, -0.1) is 11.3 Å². The lowest BCUT2D eigenvalue weighted by Gasteiger charge is -1.98. The van der Waals surface area contributed by atoms with Crippen LogP contribution in [0.5, 0.6) is 0 Å². The fourth-order valence-corrected chi connectivity index (χ4v) is 3.01. The third-order valence-electron chi connectivity index (χ3n) is 1.68. The van der Waals surface area contributed by atoms with Crippen LogP contribution in [0.3, 0.4) is 0 Å². The molecule has 2 heteroatoms. The molecule has 0 bridgehead atoms. The van der Waals surface area contributed by atoms with Crippen LogP contribution in [0.15, 0.2) is 11.4 Å². The molecule has 1 rings (SSSR count). The van der Waals surface area contributed by atoms with E-state index in [-0.39, 0.29) is 0 Å². The number of thiophene rings is 1. The summed E-state index contributed by atoms with van der Waals surface area (Å²) in [6.07, 6.45) is 3.79. The number of aryl methyl sites for hydroxylation is 2. The van der Waals surface area contributed by atoms with E-state index in [0.29, 0.717) is 0 Å². The average molecular weight is 280 g/mol. The highest BCUT2D eigenvalue weighted by atomic mass is 127. The van der Waals surface area contributed by atoms with E-state index in [4.69, 9.17) is 0 Å². The van der Waals surface area contributed by atoms with Crippen molar-refractivity contribution in [3.05, 3.63) is 21.9 Å². The van der Waals surface area contributed by atoms with E-state index in [1.165, 1.54) is 23.7 Å². The van der Waals surface area contributed by atoms with Crippen molar-refractivity contribution in [1.82, 2.24) is 0 Å². The fourth-order valence-electron chi connectivity index (χ4n) is 1.16. The molecule has 0 aliphatic heterocycles. The molecule has 0 spiro atoms. The molecular formula is C9H13IS. The second-order valence-electron chi connectivity index (χ2n) is 2.56. The SMILES string of the molecule is CCCc1ccsc1CCI. The van der Waals surface area contributed by atoms with Crippen molar-refractivity contribution in [3.63, 3.8) is 0 Å². The molecule has 0 fully saturated rings. The van der Waals surface area contributed by atoms with Crippen LogP contribution in [-0.4, -0.2) is 4.43 Å². The number of hydrogen-bond donors (Lipinski definition) is 0. The monoisotopic (exact) mass is 280 g/mol. The highest BCUT2D eigenvalue weighted by molar-refractivity contribution is 14.1. The molecule has 0 nitrogen and oxygen atoms in total. The molecule has 0 radical (unpaired) electrons. The maximum absolute atomic E-state index is 2.44. The summed E-state index contributed by atoms with van der Waals surface area (Å²) in [5, 5.41) is 2.21. The predicted molar refractivity (Wildman–Crippen MR) is 60.9 cm³/mol. The lowest BCUT2D eigenvalue weighted by Crippen LogP contribution is -1.88. The topological polar surface area (TPSA) is 0 Å². The predicted octanol–water partition coefficient (Wildman–Crippen LogP) is 3.68. The van der Waals surface area contributed by atoms with E-state index in [1.807, 2.05) is 11.3 Å². The van der Waals surface area contributed by atoms with E-state index < -0.39 is 0 Å². The standard InChI is InChI=1S/C9H13IS/c1-2-3-8-5-7-11-9(8)4-6-10/h5,7H,2-4,6H2,1H3. The van der Waals surface area contributed by atoms with E-state index >= 15 is 0 Å². The van der Waals surface area contributed by atoms with Gasteiger partial charge in [0.25, 0.3) is 0 Å². The third kappa shape index (κ3) is 2.75. The summed E-state index contributed by atoms with van der Waals surface area (Å²) in [6, 6.07) is 2.27. The Balaban J connectivity index is 2.62. The lowest BCUT2D eigenvalue weighted by molar-refractivity contribution is 0.912. The highest BCUT2D eigenvalue weighted by Gasteiger charge is 2.01. The van der Waals surface area contributed by atoms with Gasteiger partial charge in [-0.05, 0) is 29.9 Å². The number of alkyl halides is 1. The molecule has 11 heavy (non-hydrogen) atoms. The maximum Gasteiger partial charge on any atom is 0.00848 e. The minimum atomic E-state index is 1.25. The van der Waals surface area contributed by atoms with Crippen LogP contribution in [-0.2, 0) is 12.8 Å². The van der Waals surface area contributed by atoms with Gasteiger partial charge in [0.1, 0.15) is 0 Å². The average Bonchev–Trinajstić information content (AvgIpc) is 2.39. The van der Waals surface area contributed by atoms with Crippen molar-refractivity contribution in [3.8, 4) is 0 Å². The van der Waals surface area contributed by atoms with Crippen LogP contribution in [0.1, 0.15) is 23.8 Å². The van der Waals surface area contributed by atoms with Gasteiger partial charge in [0.05, 0.1) is 0 Å². The van der Waals surface area contributed by atoms with Gasteiger partial charge in [-0.1, -0.05) is 35.9 Å². The second kappa shape index (κ2) is 5.14. The molecule has 0 unspecified atom stereocenters. The smallest absolute Gasteiger partial charge is 0.00848 e. The Morgan fingerprint density at radius 3 is 2.91 bits per heavy atom. The van der Waals surface area contributed by atoms with Gasteiger partial charge in [0, 0.05) is 9.30 Å². The first kappa shape index (κ1) is 9.52. The van der Waals surface area contributed by atoms with Crippen LogP contribution in [0.25, 0.3) is 0 Å². The van der Waals surface area contributed by atoms with Crippen LogP contribution in [0.4, 0.5) is 0 Å². The molecule has 62 valence electrons. The summed E-state index contributed by atoms with van der Waals surface area (Å²) >= 11 is 4.35. The van der Waals surface area contributed by atoms with Crippen molar-refractivity contribution in [2.75, 3.05) is 4.43 Å². The Labute approximate surface area is 86.2 Å². The minimum absolute atomic E-state index is 1.25. The van der Waals surface area contributed by atoms with Crippen LogP contribution in [0.2, 0.25) is 0 Å². The fraction of sp³-hybridized carbons (Fsp3) is 0.556. The Morgan fingerprint density at radius 1 is 1.45 bits per heavy atom. The van der Waals surface area contributed by atoms with Crippen LogP contribution < -0.4 is 0 Å². The Hall–Kier alpha value is 0.430. The van der Waals surface area contributed by atoms with Gasteiger partial charge in [0.15, 0.2) is 0 Å². The molecule has 0 aliphatic rings. The van der Waals surface area contributed by atoms with Gasteiger partial charge in [-0.25, -0.2) is 0 Å². The second-order valence-corrected chi connectivity index (χ2v) is 4.64. The quantitative estimate of drug-likeness (QED) is 0.583. The summed E-state index contributed by atoms with van der Waals surface area (Å²) in [5.74, 6) is 0. The molecule has 0 saturated heterocycles. The van der Waals surface area contributed by atoms with Gasteiger partial charge in [-0.2, -0.15) is 0 Å². The summed E-state index contributed by atoms with van der Waals surface area (Å²) in [7, 11) is 0. The van der Waals surface area contributed by atoms with Crippen molar-refractivity contribution in [1.29, 1.82) is 0 Å². The zero-order valence-corrected chi connectivity index (χ0v) is 9.74. The number of hydrogen-bond acceptors (Lipinski definition) is 1. The van der Waals surface area contributed by atoms with E-state index in [9.17, 15) is 0 Å². The van der Waals surface area contributed by atoms with E-state index in [1.54, 1.807) is 10.4 Å². The van der Waals surface area contributed by atoms with Crippen LogP contribution in [0, 0.1) is 0 Å². The normalized spacial score (nSPS) is 10.4. The first-order chi connectivity index (χ1) is 5.38. The molecule has 0 aliphatic carbocycles. The highest BCUT2D eigenvalue weighted by Crippen LogP contribution is 2.19. The van der Waals surface area contributed by atoms with Gasteiger partial charge in [0.2, 0.25) is 0 Å². The maximum atomic E-state index is 2.44. The number of rotatable bonds is 4. The summed E-state index contributed by atoms with van der Waals surface area (Å²) in [4.78, 5) is 1.60. The van der Waals surface area contributed by atoms with Crippen molar-refractivity contribution >= 4 is 33.9 Å². The molecular weight excluding hydrogens is 267 g/mol. The van der Waals surface area contributed by atoms with Crippen molar-refractivity contribution in [2.45, 2.75) is 26.2 Å². The largest absolute Gasteiger partial charge is 0.149 e. The zero-order chi connectivity index (χ0) is 8.10. The molecule has 0 N–H and O–H groups in total. The van der Waals surface area contributed by atoms with Gasteiger partial charge in [-0.3, -0.25) is 0 Å². The molecule has 0 saturated carbocycles. The molecule has 1 aromatic rings. The van der Waals surface area contributed by atoms with Gasteiger partial charge >= 0.3 is 0 Å². The molecule has 0 amide bonds. The zero-order valence-electron chi connectivity index (χ0n) is 6.77. The van der Waals surface area contributed by atoms with Crippen molar-refractivity contribution < 1.29 is 0 Å².